The normalized spacial score (nSPS) is 17.0. The van der Waals surface area contributed by atoms with E-state index in [0.717, 1.165) is 32.7 Å². The SMILES string of the molecule is CCC(=O)O.OCCN1CCNCC1. The zero-order valence-electron chi connectivity index (χ0n) is 8.70. The molecule has 0 spiro atoms. The number of nitrogens with zero attached hydrogens (tertiary/aromatic N) is 1. The number of nitrogens with one attached hydrogen (secondary N) is 1. The highest BCUT2D eigenvalue weighted by Crippen LogP contribution is 1.88. The number of carboxylic acids is 1. The molecular formula is C9H20N2O3. The van der Waals surface area contributed by atoms with Crippen LogP contribution in [0, 0.1) is 0 Å². The van der Waals surface area contributed by atoms with Gasteiger partial charge in [0.1, 0.15) is 0 Å². The van der Waals surface area contributed by atoms with Crippen LogP contribution in [0.2, 0.25) is 0 Å². The van der Waals surface area contributed by atoms with E-state index in [4.69, 9.17) is 10.2 Å². The molecule has 5 heteroatoms. The summed E-state index contributed by atoms with van der Waals surface area (Å²) in [6, 6.07) is 0. The van der Waals surface area contributed by atoms with Crippen molar-refractivity contribution in [3.63, 3.8) is 0 Å². The molecule has 3 N–H and O–H groups in total. The minimum Gasteiger partial charge on any atom is -0.481 e. The summed E-state index contributed by atoms with van der Waals surface area (Å²) >= 11 is 0. The van der Waals surface area contributed by atoms with Gasteiger partial charge >= 0.3 is 5.97 Å². The van der Waals surface area contributed by atoms with E-state index in [0.29, 0.717) is 6.61 Å². The first kappa shape index (κ1) is 13.4. The van der Waals surface area contributed by atoms with Crippen LogP contribution in [0.5, 0.6) is 0 Å². The molecule has 0 bridgehead atoms. The van der Waals surface area contributed by atoms with E-state index in [1.807, 2.05) is 0 Å². The highest BCUT2D eigenvalue weighted by molar-refractivity contribution is 5.66. The molecule has 0 saturated carbocycles. The van der Waals surface area contributed by atoms with Crippen LogP contribution in [0.4, 0.5) is 0 Å². The quantitative estimate of drug-likeness (QED) is 0.570. The van der Waals surface area contributed by atoms with Crippen LogP contribution in [-0.4, -0.2) is 60.4 Å². The Bertz CT molecular complexity index is 144. The summed E-state index contributed by atoms with van der Waals surface area (Å²) in [5.41, 5.74) is 0. The Morgan fingerprint density at radius 1 is 1.43 bits per heavy atom. The maximum atomic E-state index is 9.37. The van der Waals surface area contributed by atoms with Crippen LogP contribution < -0.4 is 5.32 Å². The lowest BCUT2D eigenvalue weighted by Crippen LogP contribution is -2.44. The second-order valence-corrected chi connectivity index (χ2v) is 3.06. The number of carboxylic acid groups (broad SMARTS) is 1. The average molecular weight is 204 g/mol. The summed E-state index contributed by atoms with van der Waals surface area (Å²) in [5, 5.41) is 19.5. The van der Waals surface area contributed by atoms with Gasteiger partial charge in [0, 0.05) is 39.1 Å². The van der Waals surface area contributed by atoms with Gasteiger partial charge in [0.2, 0.25) is 0 Å². The van der Waals surface area contributed by atoms with Crippen LogP contribution in [0.25, 0.3) is 0 Å². The second kappa shape index (κ2) is 8.93. The number of aliphatic hydroxyl groups is 1. The predicted octanol–water partition coefficient (Wildman–Crippen LogP) is -0.635. The van der Waals surface area contributed by atoms with Crippen molar-refractivity contribution in [2.24, 2.45) is 0 Å². The first-order valence-electron chi connectivity index (χ1n) is 4.96. The van der Waals surface area contributed by atoms with Gasteiger partial charge in [0.05, 0.1) is 6.61 Å². The number of carbonyl (C=O) groups is 1. The minimum atomic E-state index is -0.745. The van der Waals surface area contributed by atoms with E-state index in [-0.39, 0.29) is 6.42 Å². The fraction of sp³-hybridized carbons (Fsp3) is 0.889. The molecule has 1 rings (SSSR count). The summed E-state index contributed by atoms with van der Waals surface area (Å²) in [6.07, 6.45) is 0.222. The number of rotatable bonds is 3. The van der Waals surface area contributed by atoms with Gasteiger partial charge in [-0.2, -0.15) is 0 Å². The van der Waals surface area contributed by atoms with E-state index < -0.39 is 5.97 Å². The van der Waals surface area contributed by atoms with Gasteiger partial charge in [-0.15, -0.1) is 0 Å². The monoisotopic (exact) mass is 204 g/mol. The van der Waals surface area contributed by atoms with E-state index in [1.165, 1.54) is 0 Å². The van der Waals surface area contributed by atoms with Crippen molar-refractivity contribution in [3.8, 4) is 0 Å². The van der Waals surface area contributed by atoms with E-state index >= 15 is 0 Å². The average Bonchev–Trinajstić information content (AvgIpc) is 2.21. The summed E-state index contributed by atoms with van der Waals surface area (Å²) in [6.45, 7) is 7.03. The molecule has 0 aromatic rings. The third kappa shape index (κ3) is 7.97. The highest BCUT2D eigenvalue weighted by Gasteiger charge is 2.06. The lowest BCUT2D eigenvalue weighted by Gasteiger charge is -2.25. The predicted molar refractivity (Wildman–Crippen MR) is 54.3 cm³/mol. The Morgan fingerprint density at radius 2 is 1.93 bits per heavy atom. The molecule has 14 heavy (non-hydrogen) atoms. The standard InChI is InChI=1S/C6H14N2O.C3H6O2/c9-6-5-8-3-1-7-2-4-8;1-2-3(4)5/h7,9H,1-6H2;2H2,1H3,(H,4,5). The Kier molecular flexibility index (Phi) is 8.51. The highest BCUT2D eigenvalue weighted by atomic mass is 16.4. The lowest BCUT2D eigenvalue weighted by molar-refractivity contribution is -0.136. The first-order chi connectivity index (χ1) is 6.70. The molecule has 1 aliphatic rings. The van der Waals surface area contributed by atoms with Crippen molar-refractivity contribution < 1.29 is 15.0 Å². The van der Waals surface area contributed by atoms with E-state index in [1.54, 1.807) is 6.92 Å². The van der Waals surface area contributed by atoms with Gasteiger partial charge < -0.3 is 15.5 Å². The molecule has 1 fully saturated rings. The molecule has 0 radical (unpaired) electrons. The van der Waals surface area contributed by atoms with Gasteiger partial charge in [-0.25, -0.2) is 0 Å². The Labute approximate surface area is 84.7 Å². The molecule has 0 aromatic heterocycles. The van der Waals surface area contributed by atoms with Crippen molar-refractivity contribution in [2.75, 3.05) is 39.3 Å². The fourth-order valence-corrected chi connectivity index (χ4v) is 1.08. The minimum absolute atomic E-state index is 0.222. The van der Waals surface area contributed by atoms with Crippen molar-refractivity contribution in [1.29, 1.82) is 0 Å². The fourth-order valence-electron chi connectivity index (χ4n) is 1.08. The van der Waals surface area contributed by atoms with Gasteiger partial charge in [-0.3, -0.25) is 9.69 Å². The number of hydrogen-bond donors (Lipinski definition) is 3. The topological polar surface area (TPSA) is 72.8 Å². The Hall–Kier alpha value is -0.650. The molecule has 84 valence electrons. The number of aliphatic hydroxyl groups excluding tert-OH is 1. The van der Waals surface area contributed by atoms with Crippen molar-refractivity contribution in [1.82, 2.24) is 10.2 Å². The summed E-state index contributed by atoms with van der Waals surface area (Å²) in [4.78, 5) is 11.6. The van der Waals surface area contributed by atoms with Gasteiger partial charge in [0.15, 0.2) is 0 Å². The van der Waals surface area contributed by atoms with Crippen molar-refractivity contribution in [3.05, 3.63) is 0 Å². The number of hydrogen-bond acceptors (Lipinski definition) is 4. The smallest absolute Gasteiger partial charge is 0.303 e. The molecule has 0 aromatic carbocycles. The van der Waals surface area contributed by atoms with E-state index in [2.05, 4.69) is 10.2 Å². The van der Waals surface area contributed by atoms with Gasteiger partial charge in [-0.1, -0.05) is 6.92 Å². The molecule has 0 aliphatic carbocycles. The first-order valence-corrected chi connectivity index (χ1v) is 4.96. The number of β-amino-alcohol motifs (C(OH)–C–C–N with tert-alkyl or cyclic N) is 1. The maximum Gasteiger partial charge on any atom is 0.303 e. The molecule has 1 saturated heterocycles. The largest absolute Gasteiger partial charge is 0.481 e. The van der Waals surface area contributed by atoms with Crippen LogP contribution in [0.1, 0.15) is 13.3 Å². The number of piperazine rings is 1. The summed E-state index contributed by atoms with van der Waals surface area (Å²) in [5.74, 6) is -0.745. The molecule has 0 unspecified atom stereocenters. The summed E-state index contributed by atoms with van der Waals surface area (Å²) in [7, 11) is 0. The summed E-state index contributed by atoms with van der Waals surface area (Å²) < 4.78 is 0. The Balaban J connectivity index is 0.000000292. The number of aliphatic carboxylic acids is 1. The van der Waals surface area contributed by atoms with Gasteiger partial charge in [0.25, 0.3) is 0 Å². The van der Waals surface area contributed by atoms with Gasteiger partial charge in [-0.05, 0) is 0 Å². The molecule has 0 amide bonds. The molecule has 0 atom stereocenters. The van der Waals surface area contributed by atoms with Crippen molar-refractivity contribution >= 4 is 5.97 Å². The molecule has 1 heterocycles. The molecular weight excluding hydrogens is 184 g/mol. The third-order valence-electron chi connectivity index (χ3n) is 1.93. The molecule has 1 aliphatic heterocycles. The third-order valence-corrected chi connectivity index (χ3v) is 1.93. The van der Waals surface area contributed by atoms with Crippen molar-refractivity contribution in [2.45, 2.75) is 13.3 Å². The lowest BCUT2D eigenvalue weighted by atomic mass is 10.4. The van der Waals surface area contributed by atoms with Crippen LogP contribution in [-0.2, 0) is 4.79 Å². The second-order valence-electron chi connectivity index (χ2n) is 3.06. The zero-order chi connectivity index (χ0) is 10.8. The van der Waals surface area contributed by atoms with Crippen LogP contribution >= 0.6 is 0 Å². The zero-order valence-corrected chi connectivity index (χ0v) is 8.70. The molecule has 5 nitrogen and oxygen atoms in total. The Morgan fingerprint density at radius 3 is 2.29 bits per heavy atom. The van der Waals surface area contributed by atoms with Crippen LogP contribution in [0.3, 0.4) is 0 Å². The maximum absolute atomic E-state index is 9.37. The van der Waals surface area contributed by atoms with Crippen LogP contribution in [0.15, 0.2) is 0 Å². The van der Waals surface area contributed by atoms with E-state index in [9.17, 15) is 4.79 Å².